The smallest absolute Gasteiger partial charge is 0.316 e. The summed E-state index contributed by atoms with van der Waals surface area (Å²) in [6.07, 6.45) is 1.41. The average Bonchev–Trinajstić information content (AvgIpc) is 2.48. The second kappa shape index (κ2) is 4.17. The van der Waals surface area contributed by atoms with Gasteiger partial charge in [0.05, 0.1) is 13.2 Å². The predicted molar refractivity (Wildman–Crippen MR) is 56.7 cm³/mol. The summed E-state index contributed by atoms with van der Waals surface area (Å²) in [6, 6.07) is 0. The van der Waals surface area contributed by atoms with Gasteiger partial charge in [0.25, 0.3) is 0 Å². The Morgan fingerprint density at radius 3 is 2.62 bits per heavy atom. The van der Waals surface area contributed by atoms with E-state index in [4.69, 9.17) is 9.47 Å². The van der Waals surface area contributed by atoms with Gasteiger partial charge >= 0.3 is 5.97 Å². The van der Waals surface area contributed by atoms with Crippen LogP contribution in [0, 0.1) is 23.7 Å². The summed E-state index contributed by atoms with van der Waals surface area (Å²) in [5.74, 6) is -0.230. The van der Waals surface area contributed by atoms with E-state index in [0.29, 0.717) is 18.3 Å². The number of carbonyl (C=O) groups is 2. The van der Waals surface area contributed by atoms with Crippen molar-refractivity contribution in [1.82, 2.24) is 0 Å². The molecule has 4 nitrogen and oxygen atoms in total. The summed E-state index contributed by atoms with van der Waals surface area (Å²) in [4.78, 5) is 23.6. The van der Waals surface area contributed by atoms with E-state index in [9.17, 15) is 9.59 Å². The first-order valence-electron chi connectivity index (χ1n) is 5.73. The second-order valence-corrected chi connectivity index (χ2v) is 4.88. The Labute approximate surface area is 95.3 Å². The number of Topliss-reactive ketones (excluding diaryl/α,β-unsaturated/α-hetero) is 1. The minimum Gasteiger partial charge on any atom is -0.468 e. The second-order valence-electron chi connectivity index (χ2n) is 4.88. The van der Waals surface area contributed by atoms with Crippen molar-refractivity contribution in [2.75, 3.05) is 14.2 Å². The molecule has 0 aromatic carbocycles. The number of esters is 1. The molecule has 2 bridgehead atoms. The number of ketones is 1. The van der Waals surface area contributed by atoms with Gasteiger partial charge in [0.2, 0.25) is 0 Å². The van der Waals surface area contributed by atoms with Crippen molar-refractivity contribution in [1.29, 1.82) is 0 Å². The van der Waals surface area contributed by atoms with Gasteiger partial charge in [-0.05, 0) is 18.3 Å². The van der Waals surface area contributed by atoms with Crippen LogP contribution in [0.1, 0.15) is 19.8 Å². The van der Waals surface area contributed by atoms with Crippen LogP contribution in [0.5, 0.6) is 0 Å². The van der Waals surface area contributed by atoms with Crippen molar-refractivity contribution in [2.45, 2.75) is 25.9 Å². The van der Waals surface area contributed by atoms with E-state index in [0.717, 1.165) is 6.42 Å². The molecule has 5 atom stereocenters. The van der Waals surface area contributed by atoms with Crippen molar-refractivity contribution >= 4 is 11.8 Å². The van der Waals surface area contributed by atoms with Crippen molar-refractivity contribution < 1.29 is 19.1 Å². The Bertz CT molecular complexity index is 312. The molecule has 0 spiro atoms. The third-order valence-corrected chi connectivity index (χ3v) is 4.27. The first-order valence-corrected chi connectivity index (χ1v) is 5.73. The molecular weight excluding hydrogens is 208 g/mol. The third kappa shape index (κ3) is 1.56. The molecule has 0 amide bonds. The maximum atomic E-state index is 11.9. The number of methoxy groups -OCH3 is 2. The quantitative estimate of drug-likeness (QED) is 0.521. The highest BCUT2D eigenvalue weighted by atomic mass is 16.5. The highest BCUT2D eigenvalue weighted by Gasteiger charge is 2.54. The number of hydrogen-bond donors (Lipinski definition) is 0. The fourth-order valence-electron chi connectivity index (χ4n) is 3.38. The summed E-state index contributed by atoms with van der Waals surface area (Å²) < 4.78 is 10.1. The van der Waals surface area contributed by atoms with E-state index in [-0.39, 0.29) is 17.8 Å². The zero-order chi connectivity index (χ0) is 11.9. The average molecular weight is 226 g/mol. The number of rotatable bonds is 2. The lowest BCUT2D eigenvalue weighted by Crippen LogP contribution is -2.42. The first-order chi connectivity index (χ1) is 7.60. The molecule has 4 heteroatoms. The van der Waals surface area contributed by atoms with Crippen LogP contribution in [-0.2, 0) is 19.1 Å². The third-order valence-electron chi connectivity index (χ3n) is 4.27. The van der Waals surface area contributed by atoms with Crippen LogP contribution >= 0.6 is 0 Å². The van der Waals surface area contributed by atoms with Gasteiger partial charge in [0, 0.05) is 19.4 Å². The molecule has 0 aromatic rings. The van der Waals surface area contributed by atoms with Gasteiger partial charge in [-0.3, -0.25) is 9.59 Å². The van der Waals surface area contributed by atoms with Crippen LogP contribution in [0.15, 0.2) is 0 Å². The minimum atomic E-state index is -0.608. The van der Waals surface area contributed by atoms with Gasteiger partial charge in [0.1, 0.15) is 11.7 Å². The molecule has 2 saturated carbocycles. The molecule has 2 rings (SSSR count). The van der Waals surface area contributed by atoms with Crippen LogP contribution in [0.4, 0.5) is 0 Å². The van der Waals surface area contributed by atoms with E-state index in [2.05, 4.69) is 6.92 Å². The predicted octanol–water partition coefficient (Wildman–Crippen LogP) is 1.04. The highest BCUT2D eigenvalue weighted by molar-refractivity contribution is 6.00. The fraction of sp³-hybridized carbons (Fsp3) is 0.833. The van der Waals surface area contributed by atoms with Gasteiger partial charge in [-0.25, -0.2) is 0 Å². The summed E-state index contributed by atoms with van der Waals surface area (Å²) >= 11 is 0. The monoisotopic (exact) mass is 226 g/mol. The van der Waals surface area contributed by atoms with Gasteiger partial charge in [-0.1, -0.05) is 6.92 Å². The summed E-state index contributed by atoms with van der Waals surface area (Å²) in [5, 5.41) is 0. The normalized spacial score (nSPS) is 42.2. The maximum absolute atomic E-state index is 11.9. The number of carbonyl (C=O) groups excluding carboxylic acids is 2. The van der Waals surface area contributed by atoms with Crippen LogP contribution in [0.2, 0.25) is 0 Å². The Balaban J connectivity index is 2.29. The van der Waals surface area contributed by atoms with Gasteiger partial charge in [0.15, 0.2) is 0 Å². The molecule has 2 aliphatic carbocycles. The molecule has 2 aliphatic rings. The standard InChI is InChI=1S/C12H18O4/c1-6-7-4-8(13)11(12(14)16-3)10(6)9(5-7)15-2/h6-7,9-11H,4-5H2,1-3H3/t6?,7-,9-,10-,11+/m1/s1. The molecule has 2 fully saturated rings. The van der Waals surface area contributed by atoms with Crippen LogP contribution < -0.4 is 0 Å². The lowest BCUT2D eigenvalue weighted by Gasteiger charge is -2.32. The number of hydrogen-bond acceptors (Lipinski definition) is 4. The van der Waals surface area contributed by atoms with Crippen LogP contribution in [-0.4, -0.2) is 32.1 Å². The molecule has 0 aliphatic heterocycles. The Hall–Kier alpha value is -0.900. The van der Waals surface area contributed by atoms with E-state index in [1.807, 2.05) is 0 Å². The summed E-state index contributed by atoms with van der Waals surface area (Å²) in [5.41, 5.74) is 0. The zero-order valence-corrected chi connectivity index (χ0v) is 9.93. The number of ether oxygens (including phenoxy) is 2. The topological polar surface area (TPSA) is 52.6 Å². The Morgan fingerprint density at radius 2 is 2.06 bits per heavy atom. The largest absolute Gasteiger partial charge is 0.468 e. The van der Waals surface area contributed by atoms with Crippen LogP contribution in [0.25, 0.3) is 0 Å². The van der Waals surface area contributed by atoms with E-state index in [1.54, 1.807) is 7.11 Å². The summed E-state index contributed by atoms with van der Waals surface area (Å²) in [7, 11) is 2.99. The Morgan fingerprint density at radius 1 is 1.38 bits per heavy atom. The first kappa shape index (κ1) is 11.6. The van der Waals surface area contributed by atoms with Crippen molar-refractivity contribution in [3.63, 3.8) is 0 Å². The molecule has 0 aromatic heterocycles. The van der Waals surface area contributed by atoms with Gasteiger partial charge in [-0.15, -0.1) is 0 Å². The number of fused-ring (bicyclic) bond motifs is 2. The highest BCUT2D eigenvalue weighted by Crippen LogP contribution is 2.49. The molecule has 1 unspecified atom stereocenters. The van der Waals surface area contributed by atoms with E-state index >= 15 is 0 Å². The molecular formula is C12H18O4. The van der Waals surface area contributed by atoms with Gasteiger partial charge < -0.3 is 9.47 Å². The lowest BCUT2D eigenvalue weighted by molar-refractivity contribution is -0.156. The van der Waals surface area contributed by atoms with Crippen molar-refractivity contribution in [3.05, 3.63) is 0 Å². The SMILES string of the molecule is COC(=O)[C@H]1C(=O)C[C@@H]2C[C@@H](OC)[C@H]1C2C. The summed E-state index contributed by atoms with van der Waals surface area (Å²) in [6.45, 7) is 2.11. The van der Waals surface area contributed by atoms with Gasteiger partial charge in [-0.2, -0.15) is 0 Å². The molecule has 0 heterocycles. The molecule has 0 saturated heterocycles. The molecule has 90 valence electrons. The maximum Gasteiger partial charge on any atom is 0.316 e. The molecule has 0 N–H and O–H groups in total. The Kier molecular flexibility index (Phi) is 3.02. The lowest BCUT2D eigenvalue weighted by atomic mass is 9.72. The molecule has 16 heavy (non-hydrogen) atoms. The minimum absolute atomic E-state index is 0.00343. The van der Waals surface area contributed by atoms with Crippen molar-refractivity contribution in [3.8, 4) is 0 Å². The van der Waals surface area contributed by atoms with Crippen molar-refractivity contribution in [2.24, 2.45) is 23.7 Å². The van der Waals surface area contributed by atoms with Crippen LogP contribution in [0.3, 0.4) is 0 Å². The molecule has 0 radical (unpaired) electrons. The fourth-order valence-corrected chi connectivity index (χ4v) is 3.38. The van der Waals surface area contributed by atoms with E-state index in [1.165, 1.54) is 7.11 Å². The van der Waals surface area contributed by atoms with E-state index < -0.39 is 11.9 Å². The zero-order valence-electron chi connectivity index (χ0n) is 9.93.